The summed E-state index contributed by atoms with van der Waals surface area (Å²) in [6, 6.07) is 3.34. The molecule has 1 aliphatic rings. The van der Waals surface area contributed by atoms with E-state index < -0.39 is 11.2 Å². The molecule has 0 bridgehead atoms. The van der Waals surface area contributed by atoms with Gasteiger partial charge in [0.2, 0.25) is 0 Å². The smallest absolute Gasteiger partial charge is 0.328 e. The second-order valence-electron chi connectivity index (χ2n) is 5.57. The fraction of sp³-hybridized carbons (Fsp3) is 0.400. The summed E-state index contributed by atoms with van der Waals surface area (Å²) < 4.78 is 6.14. The number of amides is 1. The highest BCUT2D eigenvalue weighted by molar-refractivity contribution is 5.93. The second-order valence-corrected chi connectivity index (χ2v) is 5.57. The maximum atomic E-state index is 12.5. The molecule has 122 valence electrons. The number of furan rings is 1. The van der Waals surface area contributed by atoms with Crippen LogP contribution in [0.1, 0.15) is 16.1 Å². The molecule has 1 saturated heterocycles. The number of hydrogen-bond donors (Lipinski definition) is 1. The molecule has 1 amide bonds. The largest absolute Gasteiger partial charge is 0.467 e. The fourth-order valence-electron chi connectivity index (χ4n) is 2.55. The normalized spacial score (nSPS) is 15.8. The molecular formula is C15H18N4O4. The average Bonchev–Trinajstić information content (AvgIpc) is 3.05. The van der Waals surface area contributed by atoms with E-state index in [9.17, 15) is 14.4 Å². The van der Waals surface area contributed by atoms with Crippen molar-refractivity contribution in [1.29, 1.82) is 0 Å². The van der Waals surface area contributed by atoms with Crippen molar-refractivity contribution in [2.24, 2.45) is 0 Å². The number of aromatic amines is 1. The first-order valence-corrected chi connectivity index (χ1v) is 7.39. The highest BCUT2D eigenvalue weighted by atomic mass is 16.3. The van der Waals surface area contributed by atoms with Crippen molar-refractivity contribution >= 4 is 5.91 Å². The number of piperazine rings is 1. The van der Waals surface area contributed by atoms with E-state index in [0.717, 1.165) is 17.7 Å². The molecule has 1 N–H and O–H groups in total. The Balaban J connectivity index is 1.90. The number of hydrogen-bond acceptors (Lipinski definition) is 5. The number of likely N-dealkylation sites (N-methyl/N-ethyl adjacent to an activating group) is 1. The Labute approximate surface area is 131 Å². The highest BCUT2D eigenvalue weighted by Crippen LogP contribution is 2.05. The molecule has 2 aromatic heterocycles. The van der Waals surface area contributed by atoms with Gasteiger partial charge < -0.3 is 19.2 Å². The molecule has 0 unspecified atom stereocenters. The third kappa shape index (κ3) is 3.11. The zero-order chi connectivity index (χ0) is 16.4. The van der Waals surface area contributed by atoms with Crippen LogP contribution in [-0.2, 0) is 6.54 Å². The monoisotopic (exact) mass is 318 g/mol. The summed E-state index contributed by atoms with van der Waals surface area (Å²) in [6.45, 7) is 2.63. The van der Waals surface area contributed by atoms with Gasteiger partial charge in [0.15, 0.2) is 0 Å². The van der Waals surface area contributed by atoms with Crippen LogP contribution in [-0.4, -0.2) is 58.5 Å². The number of rotatable bonds is 3. The Hall–Kier alpha value is -2.61. The van der Waals surface area contributed by atoms with Crippen LogP contribution in [0.15, 0.2) is 38.6 Å². The van der Waals surface area contributed by atoms with Gasteiger partial charge in [0.25, 0.3) is 11.5 Å². The highest BCUT2D eigenvalue weighted by Gasteiger charge is 2.24. The Bertz CT molecular complexity index is 798. The lowest BCUT2D eigenvalue weighted by Gasteiger charge is -2.32. The number of aromatic nitrogens is 2. The van der Waals surface area contributed by atoms with Crippen LogP contribution in [0.25, 0.3) is 0 Å². The predicted octanol–water partition coefficient (Wildman–Crippen LogP) is -0.434. The van der Waals surface area contributed by atoms with Crippen LogP contribution in [0.3, 0.4) is 0 Å². The van der Waals surface area contributed by atoms with Gasteiger partial charge in [-0.15, -0.1) is 0 Å². The molecule has 0 radical (unpaired) electrons. The number of nitrogens with zero attached hydrogens (tertiary/aromatic N) is 3. The van der Waals surface area contributed by atoms with Crippen molar-refractivity contribution in [2.45, 2.75) is 6.54 Å². The third-order valence-electron chi connectivity index (χ3n) is 3.98. The Morgan fingerprint density at radius 2 is 2.00 bits per heavy atom. The average molecular weight is 318 g/mol. The molecule has 8 nitrogen and oxygen atoms in total. The standard InChI is InChI=1S/C15H18N4O4/c1-17-4-6-18(7-5-17)13(20)12-9-16-15(22)19(14(12)21)10-11-3-2-8-23-11/h2-3,8-9H,4-7,10H2,1H3,(H,16,22). The maximum absolute atomic E-state index is 12.5. The van der Waals surface area contributed by atoms with E-state index in [1.807, 2.05) is 7.05 Å². The van der Waals surface area contributed by atoms with E-state index in [0.29, 0.717) is 18.8 Å². The lowest BCUT2D eigenvalue weighted by Crippen LogP contribution is -2.49. The fourth-order valence-corrected chi connectivity index (χ4v) is 2.55. The molecule has 0 aliphatic carbocycles. The summed E-state index contributed by atoms with van der Waals surface area (Å²) in [5.74, 6) is 0.120. The van der Waals surface area contributed by atoms with Crippen molar-refractivity contribution in [3.05, 3.63) is 56.8 Å². The van der Waals surface area contributed by atoms with Gasteiger partial charge >= 0.3 is 5.69 Å². The summed E-state index contributed by atoms with van der Waals surface area (Å²) in [4.78, 5) is 43.2. The van der Waals surface area contributed by atoms with E-state index in [4.69, 9.17) is 4.42 Å². The molecule has 2 aromatic rings. The third-order valence-corrected chi connectivity index (χ3v) is 3.98. The van der Waals surface area contributed by atoms with Gasteiger partial charge in [-0.3, -0.25) is 14.2 Å². The van der Waals surface area contributed by atoms with Crippen molar-refractivity contribution in [2.75, 3.05) is 33.2 Å². The first-order valence-electron chi connectivity index (χ1n) is 7.39. The van der Waals surface area contributed by atoms with Gasteiger partial charge in [-0.2, -0.15) is 0 Å². The van der Waals surface area contributed by atoms with Gasteiger partial charge in [-0.1, -0.05) is 0 Å². The van der Waals surface area contributed by atoms with E-state index in [1.165, 1.54) is 12.5 Å². The van der Waals surface area contributed by atoms with Gasteiger partial charge in [0.05, 0.1) is 12.8 Å². The molecular weight excluding hydrogens is 300 g/mol. The van der Waals surface area contributed by atoms with Crippen LogP contribution < -0.4 is 11.2 Å². The minimum Gasteiger partial charge on any atom is -0.467 e. The van der Waals surface area contributed by atoms with Gasteiger partial charge in [0.1, 0.15) is 11.3 Å². The summed E-state index contributed by atoms with van der Waals surface area (Å²) in [5, 5.41) is 0. The van der Waals surface area contributed by atoms with Gasteiger partial charge in [-0.25, -0.2) is 4.79 Å². The molecule has 0 atom stereocenters. The lowest BCUT2D eigenvalue weighted by atomic mass is 10.2. The summed E-state index contributed by atoms with van der Waals surface area (Å²) in [6.07, 6.45) is 2.66. The van der Waals surface area contributed by atoms with Crippen LogP contribution >= 0.6 is 0 Å². The minimum atomic E-state index is -0.603. The Morgan fingerprint density at radius 3 is 2.65 bits per heavy atom. The Kier molecular flexibility index (Phi) is 4.16. The van der Waals surface area contributed by atoms with Crippen LogP contribution in [0.4, 0.5) is 0 Å². The zero-order valence-corrected chi connectivity index (χ0v) is 12.8. The summed E-state index contributed by atoms with van der Waals surface area (Å²) in [5.41, 5.74) is -1.20. The lowest BCUT2D eigenvalue weighted by molar-refractivity contribution is 0.0661. The minimum absolute atomic E-state index is 0.00890. The molecule has 0 aromatic carbocycles. The first-order chi connectivity index (χ1) is 11.1. The zero-order valence-electron chi connectivity index (χ0n) is 12.8. The van der Waals surface area contributed by atoms with Gasteiger partial charge in [-0.05, 0) is 19.2 Å². The topological polar surface area (TPSA) is 91.6 Å². The van der Waals surface area contributed by atoms with Crippen LogP contribution in [0.5, 0.6) is 0 Å². The van der Waals surface area contributed by atoms with E-state index >= 15 is 0 Å². The quantitative estimate of drug-likeness (QED) is 0.829. The predicted molar refractivity (Wildman–Crippen MR) is 82.5 cm³/mol. The first kappa shape index (κ1) is 15.3. The van der Waals surface area contributed by atoms with Crippen molar-refractivity contribution in [3.63, 3.8) is 0 Å². The molecule has 23 heavy (non-hydrogen) atoms. The number of H-pyrrole nitrogens is 1. The summed E-state index contributed by atoms with van der Waals surface area (Å²) >= 11 is 0. The molecule has 1 aliphatic heterocycles. The second kappa shape index (κ2) is 6.25. The number of carbonyl (C=O) groups excluding carboxylic acids is 1. The van der Waals surface area contributed by atoms with E-state index in [1.54, 1.807) is 17.0 Å². The molecule has 3 heterocycles. The van der Waals surface area contributed by atoms with Gasteiger partial charge in [0, 0.05) is 32.4 Å². The van der Waals surface area contributed by atoms with E-state index in [2.05, 4.69) is 9.88 Å². The number of carbonyl (C=O) groups is 1. The van der Waals surface area contributed by atoms with Crippen molar-refractivity contribution in [3.8, 4) is 0 Å². The molecule has 8 heteroatoms. The Morgan fingerprint density at radius 1 is 1.26 bits per heavy atom. The summed E-state index contributed by atoms with van der Waals surface area (Å²) in [7, 11) is 1.98. The molecule has 0 saturated carbocycles. The molecule has 3 rings (SSSR count). The van der Waals surface area contributed by atoms with Crippen LogP contribution in [0.2, 0.25) is 0 Å². The van der Waals surface area contributed by atoms with Crippen molar-refractivity contribution in [1.82, 2.24) is 19.4 Å². The number of nitrogens with one attached hydrogen (secondary N) is 1. The van der Waals surface area contributed by atoms with E-state index in [-0.39, 0.29) is 18.0 Å². The SMILES string of the molecule is CN1CCN(C(=O)c2c[nH]c(=O)n(Cc3ccco3)c2=O)CC1. The molecule has 0 spiro atoms. The maximum Gasteiger partial charge on any atom is 0.328 e. The van der Waals surface area contributed by atoms with Crippen LogP contribution in [0, 0.1) is 0 Å². The van der Waals surface area contributed by atoms with Crippen molar-refractivity contribution < 1.29 is 9.21 Å². The molecule has 1 fully saturated rings.